The van der Waals surface area contributed by atoms with Gasteiger partial charge in [-0.05, 0) is 214 Å². The van der Waals surface area contributed by atoms with Crippen LogP contribution in [0.25, 0.3) is 133 Å². The van der Waals surface area contributed by atoms with Crippen LogP contribution in [0.1, 0.15) is 131 Å². The van der Waals surface area contributed by atoms with Crippen molar-refractivity contribution >= 4 is 88.6 Å². The third-order valence-corrected chi connectivity index (χ3v) is 21.3. The van der Waals surface area contributed by atoms with Crippen LogP contribution in [0.4, 0.5) is 0 Å². The van der Waals surface area contributed by atoms with Crippen molar-refractivity contribution in [2.45, 2.75) is 95.9 Å². The first-order valence-electron chi connectivity index (χ1n) is 34.3. The Morgan fingerprint density at radius 1 is 0.296 bits per heavy atom. The molecule has 9 nitrogen and oxygen atoms in total. The summed E-state index contributed by atoms with van der Waals surface area (Å²) in [5, 5.41) is 0. The van der Waals surface area contributed by atoms with Gasteiger partial charge in [0.25, 0.3) is 0 Å². The van der Waals surface area contributed by atoms with Crippen molar-refractivity contribution in [3.63, 3.8) is 0 Å². The molecule has 0 spiro atoms. The van der Waals surface area contributed by atoms with E-state index in [9.17, 15) is 0 Å². The lowest BCUT2D eigenvalue weighted by Crippen LogP contribution is -1.95. The molecule has 480 valence electrons. The molecule has 13 aromatic rings. The third-order valence-electron chi connectivity index (χ3n) is 21.3. The molecule has 3 aliphatic heterocycles. The number of rotatable bonds is 10. The Morgan fingerprint density at radius 3 is 1.28 bits per heavy atom. The Hall–Kier alpha value is -11.6. The molecule has 6 aromatic carbocycles. The zero-order chi connectivity index (χ0) is 67.4. The number of allylic oxidation sites excluding steroid dienone is 4. The van der Waals surface area contributed by atoms with Crippen molar-refractivity contribution in [1.29, 1.82) is 0 Å². The molecule has 7 aromatic heterocycles. The van der Waals surface area contributed by atoms with Crippen LogP contribution >= 0.6 is 0 Å². The molecule has 0 atom stereocenters. The van der Waals surface area contributed by atoms with E-state index in [0.717, 1.165) is 213 Å². The third kappa shape index (κ3) is 10.0. The number of ether oxygens (including phenoxy) is 1. The van der Waals surface area contributed by atoms with Crippen LogP contribution < -0.4 is 4.74 Å². The first kappa shape index (κ1) is 61.3. The van der Waals surface area contributed by atoms with Gasteiger partial charge in [-0.15, -0.1) is 0 Å². The van der Waals surface area contributed by atoms with Crippen LogP contribution in [0, 0.1) is 48.5 Å². The largest absolute Gasteiger partial charge is 0.456 e. The van der Waals surface area contributed by atoms with Crippen molar-refractivity contribution in [2.75, 3.05) is 0 Å². The molecule has 0 fully saturated rings. The number of hydrogen-bond donors (Lipinski definition) is 5. The Bertz CT molecular complexity index is 5880. The number of para-hydroxylation sites is 2. The molecule has 3 aliphatic rings. The minimum absolute atomic E-state index is 0.691. The summed E-state index contributed by atoms with van der Waals surface area (Å²) in [7, 11) is 0. The average Bonchev–Trinajstić information content (AvgIpc) is 1.57. The monoisotopic (exact) mass is 1270 g/mol. The summed E-state index contributed by atoms with van der Waals surface area (Å²) < 4.78 is 7.71. The van der Waals surface area contributed by atoms with Gasteiger partial charge in [0.2, 0.25) is 0 Å². The summed E-state index contributed by atoms with van der Waals surface area (Å²) in [6, 6.07) is 71.5. The molecule has 0 amide bonds. The van der Waals surface area contributed by atoms with Crippen LogP contribution in [-0.2, 0) is 6.42 Å². The standard InChI is InChI=1S/C89H78N8O/c1-13-62-56(11)70-43-66-48(3)52(7)84(92-66)82(85-53(8)49(4)67(93-85)44-71-57(12)63(14-2)73(91-71)47-72(62)90-70)64-39-27-29-41-76(64)98-77-42-30-28-40-65(77)83-86-54(9)50(5)68(94-86)45-74-78(58-31-19-15-20-32-58)80(60-35-23-17-24-36-60)88(96-74)89-81(61-37-25-18-26-38-61)79(59-33-21-16-22-34-59)75(97-89)46-69-51(6)55(10)87(83)95-69/h15-47,90,93-96H,13-14H2,1-12H3. The molecule has 16 bridgehead atoms. The zero-order valence-corrected chi connectivity index (χ0v) is 57.7. The molecule has 0 saturated heterocycles. The van der Waals surface area contributed by atoms with Gasteiger partial charge in [0.05, 0.1) is 56.2 Å². The van der Waals surface area contributed by atoms with E-state index in [4.69, 9.17) is 19.7 Å². The van der Waals surface area contributed by atoms with Gasteiger partial charge in [-0.2, -0.15) is 0 Å². The molecular weight excluding hydrogens is 1200 g/mol. The summed E-state index contributed by atoms with van der Waals surface area (Å²) in [5.74, 6) is 1.38. The lowest BCUT2D eigenvalue weighted by atomic mass is 9.90. The van der Waals surface area contributed by atoms with Crippen molar-refractivity contribution in [2.24, 2.45) is 0 Å². The first-order valence-corrected chi connectivity index (χ1v) is 34.3. The van der Waals surface area contributed by atoms with Crippen LogP contribution in [-0.4, -0.2) is 39.9 Å². The normalized spacial score (nSPS) is 12.9. The van der Waals surface area contributed by atoms with Crippen molar-refractivity contribution in [1.82, 2.24) is 39.9 Å². The summed E-state index contributed by atoms with van der Waals surface area (Å²) in [6.45, 7) is 26.7. The number of benzene rings is 6. The number of aromatic nitrogens is 8. The highest BCUT2D eigenvalue weighted by Gasteiger charge is 2.31. The van der Waals surface area contributed by atoms with Crippen LogP contribution in [0.5, 0.6) is 11.5 Å². The zero-order valence-electron chi connectivity index (χ0n) is 57.7. The van der Waals surface area contributed by atoms with Crippen molar-refractivity contribution in [3.8, 4) is 56.0 Å². The minimum Gasteiger partial charge on any atom is -0.456 e. The van der Waals surface area contributed by atoms with Gasteiger partial charge < -0.3 is 29.7 Å². The molecule has 0 aliphatic carbocycles. The van der Waals surface area contributed by atoms with Crippen LogP contribution in [0.2, 0.25) is 0 Å². The maximum absolute atomic E-state index is 7.71. The predicted octanol–water partition coefficient (Wildman–Crippen LogP) is 23.6. The van der Waals surface area contributed by atoms with Gasteiger partial charge in [-0.3, -0.25) is 0 Å². The maximum atomic E-state index is 7.71. The van der Waals surface area contributed by atoms with Crippen LogP contribution in [0.3, 0.4) is 0 Å². The average molecular weight is 1280 g/mol. The molecule has 16 rings (SSSR count). The second-order valence-corrected chi connectivity index (χ2v) is 26.6. The van der Waals surface area contributed by atoms with E-state index in [1.54, 1.807) is 0 Å². The van der Waals surface area contributed by atoms with E-state index >= 15 is 0 Å². The fourth-order valence-corrected chi connectivity index (χ4v) is 15.4. The minimum atomic E-state index is 0.691. The summed E-state index contributed by atoms with van der Waals surface area (Å²) in [6.07, 6.45) is 1.76. The van der Waals surface area contributed by atoms with E-state index in [1.165, 1.54) is 22.3 Å². The van der Waals surface area contributed by atoms with Gasteiger partial charge in [0, 0.05) is 77.6 Å². The maximum Gasteiger partial charge on any atom is 0.135 e. The highest BCUT2D eigenvalue weighted by molar-refractivity contribution is 6.14. The number of hydrogen-bond acceptors (Lipinski definition) is 4. The molecule has 9 heteroatoms. The topological polar surface area (TPSA) is 127 Å². The number of aryl methyl sites for hydroxylation is 8. The van der Waals surface area contributed by atoms with E-state index in [0.29, 0.717) is 11.5 Å². The van der Waals surface area contributed by atoms with Gasteiger partial charge in [0.15, 0.2) is 0 Å². The second-order valence-electron chi connectivity index (χ2n) is 26.6. The summed E-state index contributed by atoms with van der Waals surface area (Å²) in [4.78, 5) is 37.2. The lowest BCUT2D eigenvalue weighted by Gasteiger charge is -2.17. The van der Waals surface area contributed by atoms with Crippen molar-refractivity contribution in [3.05, 3.63) is 290 Å². The molecule has 0 saturated carbocycles. The molecule has 10 heterocycles. The first-order chi connectivity index (χ1) is 47.7. The molecule has 0 radical (unpaired) electrons. The van der Waals surface area contributed by atoms with E-state index in [-0.39, 0.29) is 0 Å². The SMILES string of the molecule is CCC1=C(C)c2cc3[nH]c(c(C)c3C)c(-c3ccccc3Oc3ccccc3-c3c4[nH]c(cc5nc(c6[nH]c(cc7[nH]c3c(C)c7C)c(-c3ccccc3)c6-c3ccccc3)C(c3ccccc3)=C5c3ccccc3)c(C)c4C)c3nc(cc4[nH]c(cc1n2)c(CC)c4C)C(C)=C3C. The van der Waals surface area contributed by atoms with Gasteiger partial charge in [-0.1, -0.05) is 172 Å². The predicted molar refractivity (Wildman–Crippen MR) is 410 cm³/mol. The highest BCUT2D eigenvalue weighted by Crippen LogP contribution is 2.50. The fourth-order valence-electron chi connectivity index (χ4n) is 15.4. The quantitative estimate of drug-likeness (QED) is 0.0935. The van der Waals surface area contributed by atoms with Crippen LogP contribution in [0.15, 0.2) is 200 Å². The lowest BCUT2D eigenvalue weighted by molar-refractivity contribution is 0.486. The smallest absolute Gasteiger partial charge is 0.135 e. The van der Waals surface area contributed by atoms with Gasteiger partial charge in [0.1, 0.15) is 11.5 Å². The Kier molecular flexibility index (Phi) is 15.2. The second kappa shape index (κ2) is 24.3. The Morgan fingerprint density at radius 2 is 0.724 bits per heavy atom. The van der Waals surface area contributed by atoms with E-state index in [2.05, 4.69) is 308 Å². The Labute approximate surface area is 571 Å². The van der Waals surface area contributed by atoms with E-state index < -0.39 is 0 Å². The number of H-pyrrole nitrogens is 5. The molecule has 0 unspecified atom stereocenters. The molecular formula is C89H78N8O. The highest BCUT2D eigenvalue weighted by atomic mass is 16.5. The molecule has 98 heavy (non-hydrogen) atoms. The number of fused-ring (bicyclic) bond motifs is 17. The summed E-state index contributed by atoms with van der Waals surface area (Å²) in [5.41, 5.74) is 41.7. The summed E-state index contributed by atoms with van der Waals surface area (Å²) >= 11 is 0. The fraction of sp³-hybridized carbons (Fsp3) is 0.157. The van der Waals surface area contributed by atoms with Gasteiger partial charge >= 0.3 is 0 Å². The number of aromatic amines is 5. The number of nitrogens with one attached hydrogen (secondary N) is 5. The van der Waals surface area contributed by atoms with E-state index in [1.807, 2.05) is 0 Å². The van der Waals surface area contributed by atoms with Gasteiger partial charge in [-0.25, -0.2) is 15.0 Å². The number of nitrogens with zero attached hydrogens (tertiary/aromatic N) is 3. The molecule has 5 N–H and O–H groups in total. The van der Waals surface area contributed by atoms with Crippen molar-refractivity contribution < 1.29 is 4.74 Å². The Balaban J connectivity index is 0.985.